The lowest BCUT2D eigenvalue weighted by atomic mass is 9.91. The first-order chi connectivity index (χ1) is 17.1. The molecule has 2 aliphatic rings. The molecule has 192 valence electrons. The Kier molecular flexibility index (Phi) is 7.31. The van der Waals surface area contributed by atoms with Gasteiger partial charge in [0, 0.05) is 55.8 Å². The highest BCUT2D eigenvalue weighted by Gasteiger charge is 2.54. The lowest BCUT2D eigenvalue weighted by Crippen LogP contribution is -2.60. The summed E-state index contributed by atoms with van der Waals surface area (Å²) in [4.78, 5) is 47.4. The molecule has 3 amide bonds. The molecule has 0 saturated carbocycles. The summed E-state index contributed by atoms with van der Waals surface area (Å²) in [6.45, 7) is 7.01. The highest BCUT2D eigenvalue weighted by Crippen LogP contribution is 2.39. The van der Waals surface area contributed by atoms with E-state index in [0.717, 1.165) is 5.56 Å². The number of methoxy groups -OCH3 is 1. The average Bonchev–Trinajstić information content (AvgIpc) is 3.25. The Morgan fingerprint density at radius 2 is 1.72 bits per heavy atom. The summed E-state index contributed by atoms with van der Waals surface area (Å²) in [6, 6.07) is 9.70. The quantitative estimate of drug-likeness (QED) is 0.686. The first kappa shape index (κ1) is 25.6. The third-order valence-electron chi connectivity index (χ3n) is 6.81. The summed E-state index contributed by atoms with van der Waals surface area (Å²) in [5.74, 6) is 0.142. The Balaban J connectivity index is 1.57. The zero-order valence-electron chi connectivity index (χ0n) is 21.3. The van der Waals surface area contributed by atoms with E-state index in [1.165, 1.54) is 0 Å². The molecule has 2 fully saturated rings. The topological polar surface area (TPSA) is 101 Å². The number of carbonyl (C=O) groups excluding carboxylic acids is 3. The molecule has 1 spiro atoms. The number of piperidine rings is 1. The number of amides is 3. The third kappa shape index (κ3) is 5.21. The molecule has 2 aliphatic heterocycles. The predicted molar refractivity (Wildman–Crippen MR) is 133 cm³/mol. The molecular formula is C27H34N4O5. The van der Waals surface area contributed by atoms with E-state index in [4.69, 9.17) is 9.47 Å². The van der Waals surface area contributed by atoms with E-state index in [-0.39, 0.29) is 24.3 Å². The Bertz CT molecular complexity index is 1090. The fourth-order valence-corrected chi connectivity index (χ4v) is 4.78. The van der Waals surface area contributed by atoms with E-state index in [1.807, 2.05) is 37.8 Å². The van der Waals surface area contributed by atoms with Crippen LogP contribution in [0.4, 0.5) is 0 Å². The van der Waals surface area contributed by atoms with Crippen molar-refractivity contribution in [3.05, 3.63) is 59.9 Å². The second-order valence-corrected chi connectivity index (χ2v) is 10.3. The third-order valence-corrected chi connectivity index (χ3v) is 6.81. The zero-order chi connectivity index (χ0) is 25.9. The number of hydrogen-bond donors (Lipinski definition) is 1. The normalized spacial score (nSPS) is 19.3. The van der Waals surface area contributed by atoms with Gasteiger partial charge in [0.2, 0.25) is 11.8 Å². The summed E-state index contributed by atoms with van der Waals surface area (Å²) in [5, 5.41) is 2.94. The molecule has 0 radical (unpaired) electrons. The van der Waals surface area contributed by atoms with E-state index >= 15 is 0 Å². The predicted octanol–water partition coefficient (Wildman–Crippen LogP) is 2.61. The van der Waals surface area contributed by atoms with Crippen molar-refractivity contribution in [1.29, 1.82) is 0 Å². The second kappa shape index (κ2) is 10.3. The van der Waals surface area contributed by atoms with Crippen LogP contribution in [0.1, 0.15) is 49.5 Å². The van der Waals surface area contributed by atoms with Crippen LogP contribution >= 0.6 is 0 Å². The first-order valence-corrected chi connectivity index (χ1v) is 12.2. The zero-order valence-corrected chi connectivity index (χ0v) is 21.3. The number of carbonyl (C=O) groups is 3. The molecule has 1 N–H and O–H groups in total. The van der Waals surface area contributed by atoms with Gasteiger partial charge < -0.3 is 19.7 Å². The van der Waals surface area contributed by atoms with Crippen LogP contribution in [0.25, 0.3) is 0 Å². The van der Waals surface area contributed by atoms with Gasteiger partial charge in [-0.3, -0.25) is 24.3 Å². The van der Waals surface area contributed by atoms with Crippen molar-refractivity contribution in [2.75, 3.05) is 26.8 Å². The molecule has 1 aromatic carbocycles. The number of nitrogens with one attached hydrogen (secondary N) is 1. The molecular weight excluding hydrogens is 460 g/mol. The van der Waals surface area contributed by atoms with E-state index in [0.29, 0.717) is 43.8 Å². The number of pyridine rings is 1. The molecule has 2 aromatic rings. The van der Waals surface area contributed by atoms with Crippen molar-refractivity contribution < 1.29 is 23.9 Å². The maximum absolute atomic E-state index is 13.8. The molecule has 9 nitrogen and oxygen atoms in total. The van der Waals surface area contributed by atoms with E-state index < -0.39 is 17.2 Å². The fraction of sp³-hybridized carbons (Fsp3) is 0.481. The van der Waals surface area contributed by atoms with Crippen molar-refractivity contribution >= 4 is 17.7 Å². The lowest BCUT2D eigenvalue weighted by Gasteiger charge is -2.45. The maximum Gasteiger partial charge on any atom is 0.256 e. The Hall–Kier alpha value is -3.46. The lowest BCUT2D eigenvalue weighted by molar-refractivity contribution is -0.150. The van der Waals surface area contributed by atoms with Gasteiger partial charge in [-0.05, 0) is 42.0 Å². The summed E-state index contributed by atoms with van der Waals surface area (Å²) < 4.78 is 11.5. The number of hydrogen-bond acceptors (Lipinski definition) is 6. The number of rotatable bonds is 5. The van der Waals surface area contributed by atoms with Crippen LogP contribution in [0.5, 0.6) is 5.75 Å². The molecule has 1 aromatic heterocycles. The Morgan fingerprint density at radius 3 is 2.31 bits per heavy atom. The van der Waals surface area contributed by atoms with Crippen molar-refractivity contribution in [1.82, 2.24) is 20.1 Å². The van der Waals surface area contributed by atoms with Crippen LogP contribution in [0, 0.1) is 5.41 Å². The number of benzene rings is 1. The minimum atomic E-state index is -0.954. The number of nitrogens with zero attached hydrogens (tertiary/aromatic N) is 3. The molecule has 1 atom stereocenters. The number of ether oxygens (including phenoxy) is 2. The van der Waals surface area contributed by atoms with Gasteiger partial charge in [0.25, 0.3) is 5.91 Å². The standard InChI is InChI=1S/C27H34N4O5/c1-26(2,3)25(34)30-15-11-27(12-16-30)31(24(33)20-5-7-21(35-4)8-6-20)22(18-36-27)23(32)29-17-19-9-13-28-14-10-19/h5-10,13-14,22H,11-12,15-18H2,1-4H3,(H,29,32)/t22-/m0/s1. The summed E-state index contributed by atoms with van der Waals surface area (Å²) >= 11 is 0. The SMILES string of the molecule is COc1ccc(C(=O)N2[C@H](C(=O)NCc3ccncc3)COC23CCN(C(=O)C(C)(C)C)CC3)cc1. The smallest absolute Gasteiger partial charge is 0.256 e. The van der Waals surface area contributed by atoms with Gasteiger partial charge >= 0.3 is 0 Å². The van der Waals surface area contributed by atoms with E-state index in [9.17, 15) is 14.4 Å². The number of likely N-dealkylation sites (tertiary alicyclic amines) is 1. The van der Waals surface area contributed by atoms with Gasteiger partial charge in [-0.1, -0.05) is 20.8 Å². The van der Waals surface area contributed by atoms with Crippen molar-refractivity contribution in [2.45, 2.75) is 51.9 Å². The maximum atomic E-state index is 13.8. The van der Waals surface area contributed by atoms with Gasteiger partial charge in [0.15, 0.2) is 0 Å². The van der Waals surface area contributed by atoms with Crippen molar-refractivity contribution in [3.8, 4) is 5.75 Å². The number of aromatic nitrogens is 1. The minimum absolute atomic E-state index is 0.0648. The molecule has 36 heavy (non-hydrogen) atoms. The van der Waals surface area contributed by atoms with Crippen LogP contribution in [0.2, 0.25) is 0 Å². The minimum Gasteiger partial charge on any atom is -0.497 e. The summed E-state index contributed by atoms with van der Waals surface area (Å²) in [7, 11) is 1.57. The van der Waals surface area contributed by atoms with Crippen LogP contribution in [-0.4, -0.2) is 71.1 Å². The van der Waals surface area contributed by atoms with Crippen LogP contribution in [0.15, 0.2) is 48.8 Å². The van der Waals surface area contributed by atoms with Gasteiger partial charge in [0.1, 0.15) is 17.5 Å². The summed E-state index contributed by atoms with van der Waals surface area (Å²) in [5.41, 5.74) is -0.0888. The first-order valence-electron chi connectivity index (χ1n) is 12.2. The van der Waals surface area contributed by atoms with Gasteiger partial charge in [-0.25, -0.2) is 0 Å². The van der Waals surface area contributed by atoms with E-state index in [1.54, 1.807) is 48.7 Å². The Morgan fingerprint density at radius 1 is 1.08 bits per heavy atom. The molecule has 0 unspecified atom stereocenters. The molecule has 4 rings (SSSR count). The highest BCUT2D eigenvalue weighted by molar-refractivity contribution is 5.98. The molecule has 2 saturated heterocycles. The molecule has 3 heterocycles. The molecule has 0 aliphatic carbocycles. The van der Waals surface area contributed by atoms with Gasteiger partial charge in [0.05, 0.1) is 13.7 Å². The molecule has 0 bridgehead atoms. The highest BCUT2D eigenvalue weighted by atomic mass is 16.5. The molecule has 9 heteroatoms. The van der Waals surface area contributed by atoms with Gasteiger partial charge in [-0.2, -0.15) is 0 Å². The van der Waals surface area contributed by atoms with Crippen LogP contribution in [-0.2, 0) is 20.9 Å². The average molecular weight is 495 g/mol. The van der Waals surface area contributed by atoms with Crippen molar-refractivity contribution in [3.63, 3.8) is 0 Å². The van der Waals surface area contributed by atoms with Crippen molar-refractivity contribution in [2.24, 2.45) is 5.41 Å². The van der Waals surface area contributed by atoms with E-state index in [2.05, 4.69) is 10.3 Å². The summed E-state index contributed by atoms with van der Waals surface area (Å²) in [6.07, 6.45) is 4.21. The van der Waals surface area contributed by atoms with Gasteiger partial charge in [-0.15, -0.1) is 0 Å². The van der Waals surface area contributed by atoms with Crippen LogP contribution < -0.4 is 10.1 Å². The monoisotopic (exact) mass is 494 g/mol. The fourth-order valence-electron chi connectivity index (χ4n) is 4.78. The van der Waals surface area contributed by atoms with Crippen LogP contribution in [0.3, 0.4) is 0 Å². The largest absolute Gasteiger partial charge is 0.497 e. The second-order valence-electron chi connectivity index (χ2n) is 10.3. The Labute approximate surface area is 211 Å².